The summed E-state index contributed by atoms with van der Waals surface area (Å²) in [5.74, 6) is 1.66. The molecule has 0 atom stereocenters. The summed E-state index contributed by atoms with van der Waals surface area (Å²) in [4.78, 5) is 12.0. The number of nitrogens with one attached hydrogen (secondary N) is 1. The van der Waals surface area contributed by atoms with Gasteiger partial charge in [0.2, 0.25) is 5.91 Å². The van der Waals surface area contributed by atoms with Crippen LogP contribution in [0.1, 0.15) is 25.8 Å². The topological polar surface area (TPSA) is 47.6 Å². The van der Waals surface area contributed by atoms with Gasteiger partial charge in [-0.25, -0.2) is 0 Å². The zero-order chi connectivity index (χ0) is 16.5. The van der Waals surface area contributed by atoms with Crippen LogP contribution in [0.4, 0.5) is 5.69 Å². The van der Waals surface area contributed by atoms with Crippen LogP contribution in [0, 0.1) is 0 Å². The van der Waals surface area contributed by atoms with Gasteiger partial charge in [0.25, 0.3) is 0 Å². The molecule has 0 aliphatic rings. The number of carbonyl (C=O) groups is 1. The van der Waals surface area contributed by atoms with Gasteiger partial charge in [-0.1, -0.05) is 12.1 Å². The molecule has 0 aliphatic heterocycles. The molecule has 122 valence electrons. The summed E-state index contributed by atoms with van der Waals surface area (Å²) in [6.45, 7) is 5.19. The van der Waals surface area contributed by atoms with E-state index < -0.39 is 0 Å². The summed E-state index contributed by atoms with van der Waals surface area (Å²) in [6.07, 6.45) is 1.15. The zero-order valence-corrected chi connectivity index (χ0v) is 13.7. The van der Waals surface area contributed by atoms with Gasteiger partial charge in [-0.2, -0.15) is 0 Å². The Bertz CT molecular complexity index is 606. The fraction of sp³-hybridized carbons (Fsp3) is 0.316. The Morgan fingerprint density at radius 3 is 1.91 bits per heavy atom. The van der Waals surface area contributed by atoms with E-state index in [1.165, 1.54) is 0 Å². The highest BCUT2D eigenvalue weighted by Gasteiger charge is 2.04. The summed E-state index contributed by atoms with van der Waals surface area (Å²) in [6, 6.07) is 15.3. The molecule has 1 N–H and O–H groups in total. The van der Waals surface area contributed by atoms with Gasteiger partial charge in [-0.15, -0.1) is 0 Å². The molecule has 0 saturated heterocycles. The van der Waals surface area contributed by atoms with Crippen molar-refractivity contribution in [3.05, 3.63) is 54.1 Å². The molecule has 4 nitrogen and oxygen atoms in total. The number of anilines is 1. The summed E-state index contributed by atoms with van der Waals surface area (Å²) < 4.78 is 10.8. The van der Waals surface area contributed by atoms with Gasteiger partial charge in [0, 0.05) is 12.1 Å². The molecule has 0 unspecified atom stereocenters. The number of rotatable bonds is 8. The van der Waals surface area contributed by atoms with Crippen molar-refractivity contribution in [3.8, 4) is 11.5 Å². The van der Waals surface area contributed by atoms with Crippen molar-refractivity contribution < 1.29 is 14.3 Å². The zero-order valence-electron chi connectivity index (χ0n) is 13.7. The standard InChI is InChI=1S/C19H23NO3/c1-3-22-17-10-5-15(6-11-17)7-14-19(21)20-16-8-12-18(13-9-16)23-4-2/h5-6,8-13H,3-4,7,14H2,1-2H3,(H,20,21). The van der Waals surface area contributed by atoms with Gasteiger partial charge in [0.1, 0.15) is 11.5 Å². The van der Waals surface area contributed by atoms with Crippen molar-refractivity contribution in [1.82, 2.24) is 0 Å². The first kappa shape index (κ1) is 16.9. The smallest absolute Gasteiger partial charge is 0.224 e. The number of carbonyl (C=O) groups excluding carboxylic acids is 1. The first-order valence-electron chi connectivity index (χ1n) is 7.95. The molecule has 2 aromatic carbocycles. The highest BCUT2D eigenvalue weighted by molar-refractivity contribution is 5.90. The lowest BCUT2D eigenvalue weighted by molar-refractivity contribution is -0.116. The lowest BCUT2D eigenvalue weighted by atomic mass is 10.1. The monoisotopic (exact) mass is 313 g/mol. The van der Waals surface area contributed by atoms with Crippen LogP contribution in [-0.4, -0.2) is 19.1 Å². The molecule has 0 saturated carbocycles. The van der Waals surface area contributed by atoms with Crippen molar-refractivity contribution in [2.45, 2.75) is 26.7 Å². The normalized spacial score (nSPS) is 10.2. The molecular formula is C19H23NO3. The van der Waals surface area contributed by atoms with E-state index in [1.54, 1.807) is 0 Å². The molecule has 0 radical (unpaired) electrons. The second-order valence-electron chi connectivity index (χ2n) is 5.08. The van der Waals surface area contributed by atoms with E-state index in [2.05, 4.69) is 5.32 Å². The van der Waals surface area contributed by atoms with Gasteiger partial charge in [-0.3, -0.25) is 4.79 Å². The molecule has 2 aromatic rings. The van der Waals surface area contributed by atoms with E-state index in [9.17, 15) is 4.79 Å². The first-order valence-corrected chi connectivity index (χ1v) is 7.95. The molecule has 0 bridgehead atoms. The maximum Gasteiger partial charge on any atom is 0.224 e. The summed E-state index contributed by atoms with van der Waals surface area (Å²) in [5, 5.41) is 2.89. The van der Waals surface area contributed by atoms with E-state index in [0.29, 0.717) is 26.1 Å². The lowest BCUT2D eigenvalue weighted by Gasteiger charge is -2.08. The Hall–Kier alpha value is -2.49. The third kappa shape index (κ3) is 5.66. The molecular weight excluding hydrogens is 290 g/mol. The summed E-state index contributed by atoms with van der Waals surface area (Å²) in [7, 11) is 0. The van der Waals surface area contributed by atoms with Crippen molar-refractivity contribution in [2.24, 2.45) is 0 Å². The minimum atomic E-state index is 0.00282. The predicted octanol–water partition coefficient (Wildman–Crippen LogP) is 4.06. The molecule has 4 heteroatoms. The fourth-order valence-corrected chi connectivity index (χ4v) is 2.20. The number of ether oxygens (including phenoxy) is 2. The quantitative estimate of drug-likeness (QED) is 0.799. The van der Waals surface area contributed by atoms with Crippen LogP contribution in [0.25, 0.3) is 0 Å². The van der Waals surface area contributed by atoms with Crippen molar-refractivity contribution in [1.29, 1.82) is 0 Å². The molecule has 0 spiro atoms. The minimum Gasteiger partial charge on any atom is -0.494 e. The van der Waals surface area contributed by atoms with E-state index in [0.717, 1.165) is 22.7 Å². The van der Waals surface area contributed by atoms with Crippen LogP contribution in [0.5, 0.6) is 11.5 Å². The molecule has 1 amide bonds. The number of hydrogen-bond acceptors (Lipinski definition) is 3. The predicted molar refractivity (Wildman–Crippen MR) is 92.2 cm³/mol. The summed E-state index contributed by atoms with van der Waals surface area (Å²) in [5.41, 5.74) is 1.90. The van der Waals surface area contributed by atoms with E-state index in [4.69, 9.17) is 9.47 Å². The highest BCUT2D eigenvalue weighted by atomic mass is 16.5. The molecule has 0 fully saturated rings. The minimum absolute atomic E-state index is 0.00282. The average molecular weight is 313 g/mol. The fourth-order valence-electron chi connectivity index (χ4n) is 2.20. The molecule has 2 rings (SSSR count). The first-order chi connectivity index (χ1) is 11.2. The molecule has 23 heavy (non-hydrogen) atoms. The average Bonchev–Trinajstić information content (AvgIpc) is 2.57. The van der Waals surface area contributed by atoms with E-state index in [1.807, 2.05) is 62.4 Å². The van der Waals surface area contributed by atoms with Crippen LogP contribution in [0.2, 0.25) is 0 Å². The van der Waals surface area contributed by atoms with Gasteiger partial charge in [0.05, 0.1) is 13.2 Å². The number of aryl methyl sites for hydroxylation is 1. The van der Waals surface area contributed by atoms with Crippen molar-refractivity contribution in [3.63, 3.8) is 0 Å². The molecule has 0 aromatic heterocycles. The van der Waals surface area contributed by atoms with Gasteiger partial charge < -0.3 is 14.8 Å². The number of amides is 1. The van der Waals surface area contributed by atoms with Crippen LogP contribution in [0.15, 0.2) is 48.5 Å². The lowest BCUT2D eigenvalue weighted by Crippen LogP contribution is -2.12. The van der Waals surface area contributed by atoms with Crippen LogP contribution >= 0.6 is 0 Å². The van der Waals surface area contributed by atoms with Crippen LogP contribution < -0.4 is 14.8 Å². The van der Waals surface area contributed by atoms with Gasteiger partial charge >= 0.3 is 0 Å². The van der Waals surface area contributed by atoms with E-state index in [-0.39, 0.29) is 5.91 Å². The highest BCUT2D eigenvalue weighted by Crippen LogP contribution is 2.17. The second-order valence-corrected chi connectivity index (χ2v) is 5.08. The Morgan fingerprint density at radius 1 is 0.870 bits per heavy atom. The maximum atomic E-state index is 12.0. The SMILES string of the molecule is CCOc1ccc(CCC(=O)Nc2ccc(OCC)cc2)cc1. The van der Waals surface area contributed by atoms with Gasteiger partial charge in [-0.05, 0) is 62.2 Å². The Morgan fingerprint density at radius 2 is 1.39 bits per heavy atom. The van der Waals surface area contributed by atoms with Crippen LogP contribution in [0.3, 0.4) is 0 Å². The van der Waals surface area contributed by atoms with Crippen molar-refractivity contribution >= 4 is 11.6 Å². The Labute approximate surface area is 137 Å². The van der Waals surface area contributed by atoms with Crippen LogP contribution in [-0.2, 0) is 11.2 Å². The third-order valence-corrected chi connectivity index (χ3v) is 3.32. The molecule has 0 heterocycles. The third-order valence-electron chi connectivity index (χ3n) is 3.32. The van der Waals surface area contributed by atoms with Crippen molar-refractivity contribution in [2.75, 3.05) is 18.5 Å². The Kier molecular flexibility index (Phi) is 6.48. The second kappa shape index (κ2) is 8.83. The largest absolute Gasteiger partial charge is 0.494 e. The van der Waals surface area contributed by atoms with Gasteiger partial charge in [0.15, 0.2) is 0 Å². The maximum absolute atomic E-state index is 12.0. The number of benzene rings is 2. The Balaban J connectivity index is 1.80. The van der Waals surface area contributed by atoms with E-state index >= 15 is 0 Å². The number of hydrogen-bond donors (Lipinski definition) is 1. The summed E-state index contributed by atoms with van der Waals surface area (Å²) >= 11 is 0. The molecule has 0 aliphatic carbocycles.